The Kier molecular flexibility index (Phi) is 6.19. The first kappa shape index (κ1) is 20.0. The molecule has 0 saturated carbocycles. The summed E-state index contributed by atoms with van der Waals surface area (Å²) in [4.78, 5) is 25.2. The molecule has 2 aromatic carbocycles. The largest absolute Gasteiger partial charge is 0.493 e. The number of nitrogens with one attached hydrogen (secondary N) is 1. The molecule has 0 saturated heterocycles. The molecular weight excluding hydrogens is 374 g/mol. The maximum atomic E-state index is 12.9. The number of benzene rings is 2. The van der Waals surface area contributed by atoms with Crippen LogP contribution in [0.2, 0.25) is 0 Å². The van der Waals surface area contributed by atoms with Gasteiger partial charge in [-0.15, -0.1) is 0 Å². The molecular formula is C22H21NO6. The fourth-order valence-electron chi connectivity index (χ4n) is 2.75. The Morgan fingerprint density at radius 2 is 1.79 bits per heavy atom. The third kappa shape index (κ3) is 4.40. The van der Waals surface area contributed by atoms with Crippen molar-refractivity contribution in [1.82, 2.24) is 0 Å². The van der Waals surface area contributed by atoms with Crippen molar-refractivity contribution in [2.45, 2.75) is 6.92 Å². The lowest BCUT2D eigenvalue weighted by Gasteiger charge is -2.09. The van der Waals surface area contributed by atoms with Gasteiger partial charge < -0.3 is 24.3 Å². The molecule has 0 unspecified atom stereocenters. The van der Waals surface area contributed by atoms with Crippen LogP contribution >= 0.6 is 0 Å². The van der Waals surface area contributed by atoms with Crippen molar-refractivity contribution >= 4 is 23.5 Å². The number of hydrogen-bond donors (Lipinski definition) is 1. The second-order valence-corrected chi connectivity index (χ2v) is 5.97. The molecule has 1 heterocycles. The Labute approximate surface area is 168 Å². The molecule has 0 radical (unpaired) electrons. The second kappa shape index (κ2) is 8.97. The van der Waals surface area contributed by atoms with Gasteiger partial charge in [0.2, 0.25) is 11.7 Å². The highest BCUT2D eigenvalue weighted by atomic mass is 16.5. The van der Waals surface area contributed by atoms with Crippen LogP contribution in [0.4, 0.5) is 5.69 Å². The van der Waals surface area contributed by atoms with Gasteiger partial charge in [0.1, 0.15) is 0 Å². The predicted octanol–water partition coefficient (Wildman–Crippen LogP) is 3.53. The van der Waals surface area contributed by atoms with Crippen LogP contribution in [0.25, 0.3) is 6.08 Å². The summed E-state index contributed by atoms with van der Waals surface area (Å²) in [6.07, 6.45) is 1.53. The molecule has 150 valence electrons. The van der Waals surface area contributed by atoms with E-state index in [4.69, 9.17) is 18.9 Å². The average Bonchev–Trinajstić information content (AvgIpc) is 3.03. The standard InChI is InChI=1S/C22H21NO6/c1-4-28-22(25)19-20(24)18(29-21(19)23-15-8-6-5-7-9-15)13-14-10-11-16(26-2)17(12-14)27-3/h5-13,23H,4H2,1-3H3. The second-order valence-electron chi connectivity index (χ2n) is 5.97. The van der Waals surface area contributed by atoms with Gasteiger partial charge in [-0.2, -0.15) is 0 Å². The predicted molar refractivity (Wildman–Crippen MR) is 107 cm³/mol. The third-order valence-electron chi connectivity index (χ3n) is 4.11. The molecule has 7 heteroatoms. The smallest absolute Gasteiger partial charge is 0.347 e. The van der Waals surface area contributed by atoms with Crippen LogP contribution in [0.3, 0.4) is 0 Å². The summed E-state index contributed by atoms with van der Waals surface area (Å²) in [5, 5.41) is 2.97. The Balaban J connectivity index is 1.94. The van der Waals surface area contributed by atoms with Crippen LogP contribution in [0, 0.1) is 0 Å². The zero-order valence-electron chi connectivity index (χ0n) is 16.4. The molecule has 2 aromatic rings. The number of para-hydroxylation sites is 1. The van der Waals surface area contributed by atoms with Gasteiger partial charge in [0.05, 0.1) is 20.8 Å². The lowest BCUT2D eigenvalue weighted by Crippen LogP contribution is -2.16. The lowest BCUT2D eigenvalue weighted by atomic mass is 10.1. The SMILES string of the molecule is CCOC(=O)C1=C(Nc2ccccc2)OC(=Cc2ccc(OC)c(OC)c2)C1=O. The quantitative estimate of drug-likeness (QED) is 0.436. The summed E-state index contributed by atoms with van der Waals surface area (Å²) in [6.45, 7) is 1.81. The minimum absolute atomic E-state index is 0.00120. The number of ketones is 1. The number of esters is 1. The Morgan fingerprint density at radius 3 is 2.45 bits per heavy atom. The first-order valence-corrected chi connectivity index (χ1v) is 8.97. The van der Waals surface area contributed by atoms with Crippen LogP contribution in [0.15, 0.2) is 65.7 Å². The number of rotatable bonds is 7. The Morgan fingerprint density at radius 1 is 1.07 bits per heavy atom. The molecule has 0 fully saturated rings. The molecule has 29 heavy (non-hydrogen) atoms. The van der Waals surface area contributed by atoms with Crippen LogP contribution < -0.4 is 14.8 Å². The molecule has 0 spiro atoms. The van der Waals surface area contributed by atoms with Gasteiger partial charge in [0.25, 0.3) is 0 Å². The maximum Gasteiger partial charge on any atom is 0.347 e. The van der Waals surface area contributed by atoms with Crippen molar-refractivity contribution in [3.63, 3.8) is 0 Å². The highest BCUT2D eigenvalue weighted by Gasteiger charge is 2.37. The zero-order valence-corrected chi connectivity index (χ0v) is 16.4. The van der Waals surface area contributed by atoms with E-state index in [0.717, 1.165) is 0 Å². The van der Waals surface area contributed by atoms with Crippen molar-refractivity contribution in [2.75, 3.05) is 26.1 Å². The monoisotopic (exact) mass is 395 g/mol. The van der Waals surface area contributed by atoms with Crippen LogP contribution in [0.5, 0.6) is 11.5 Å². The first-order valence-electron chi connectivity index (χ1n) is 8.97. The molecule has 1 aliphatic heterocycles. The molecule has 0 amide bonds. The summed E-state index contributed by atoms with van der Waals surface area (Å²) >= 11 is 0. The summed E-state index contributed by atoms with van der Waals surface area (Å²) in [5.41, 5.74) is 1.14. The van der Waals surface area contributed by atoms with Crippen molar-refractivity contribution in [3.05, 3.63) is 71.3 Å². The fraction of sp³-hybridized carbons (Fsp3) is 0.182. The number of methoxy groups -OCH3 is 2. The number of ether oxygens (including phenoxy) is 4. The Hall–Kier alpha value is -3.74. The number of carbonyl (C=O) groups excluding carboxylic acids is 2. The summed E-state index contributed by atoms with van der Waals surface area (Å²) in [7, 11) is 3.06. The van der Waals surface area contributed by atoms with Crippen molar-refractivity contribution < 1.29 is 28.5 Å². The summed E-state index contributed by atoms with van der Waals surface area (Å²) < 4.78 is 21.2. The van der Waals surface area contributed by atoms with E-state index in [-0.39, 0.29) is 23.8 Å². The van der Waals surface area contributed by atoms with E-state index < -0.39 is 11.8 Å². The highest BCUT2D eigenvalue weighted by Crippen LogP contribution is 2.32. The van der Waals surface area contributed by atoms with E-state index >= 15 is 0 Å². The van der Waals surface area contributed by atoms with E-state index in [1.807, 2.05) is 18.2 Å². The number of allylic oxidation sites excluding steroid dienone is 1. The van der Waals surface area contributed by atoms with E-state index in [1.165, 1.54) is 20.3 Å². The molecule has 1 N–H and O–H groups in total. The average molecular weight is 395 g/mol. The number of Topliss-reactive ketones (excluding diaryl/α,β-unsaturated/α-hetero) is 1. The van der Waals surface area contributed by atoms with Gasteiger partial charge in [-0.25, -0.2) is 4.79 Å². The highest BCUT2D eigenvalue weighted by molar-refractivity contribution is 6.26. The lowest BCUT2D eigenvalue weighted by molar-refractivity contribution is -0.139. The minimum atomic E-state index is -0.744. The molecule has 0 aliphatic carbocycles. The van der Waals surface area contributed by atoms with Gasteiger partial charge >= 0.3 is 5.97 Å². The van der Waals surface area contributed by atoms with Crippen molar-refractivity contribution in [1.29, 1.82) is 0 Å². The van der Waals surface area contributed by atoms with E-state index in [2.05, 4.69) is 5.32 Å². The molecule has 0 aromatic heterocycles. The van der Waals surface area contributed by atoms with E-state index in [9.17, 15) is 9.59 Å². The van der Waals surface area contributed by atoms with Crippen LogP contribution in [0.1, 0.15) is 12.5 Å². The van der Waals surface area contributed by atoms with Crippen LogP contribution in [-0.2, 0) is 19.1 Å². The maximum absolute atomic E-state index is 12.9. The summed E-state index contributed by atoms with van der Waals surface area (Å²) in [6, 6.07) is 14.3. The van der Waals surface area contributed by atoms with E-state index in [1.54, 1.807) is 37.3 Å². The van der Waals surface area contributed by atoms with Gasteiger partial charge in [0, 0.05) is 5.69 Å². The molecule has 0 bridgehead atoms. The summed E-state index contributed by atoms with van der Waals surface area (Å²) in [5.74, 6) is -0.202. The van der Waals surface area contributed by atoms with Gasteiger partial charge in [-0.3, -0.25) is 4.79 Å². The van der Waals surface area contributed by atoms with Gasteiger partial charge in [-0.1, -0.05) is 24.3 Å². The van der Waals surface area contributed by atoms with E-state index in [0.29, 0.717) is 22.7 Å². The number of carbonyl (C=O) groups is 2. The molecule has 7 nitrogen and oxygen atoms in total. The Bertz CT molecular complexity index is 978. The topological polar surface area (TPSA) is 83.1 Å². The normalized spacial score (nSPS) is 14.6. The molecule has 1 aliphatic rings. The molecule has 3 rings (SSSR count). The van der Waals surface area contributed by atoms with Crippen molar-refractivity contribution in [3.8, 4) is 11.5 Å². The first-order chi connectivity index (χ1) is 14.1. The van der Waals surface area contributed by atoms with Gasteiger partial charge in [0.15, 0.2) is 22.8 Å². The van der Waals surface area contributed by atoms with Gasteiger partial charge in [-0.05, 0) is 42.8 Å². The zero-order chi connectivity index (χ0) is 20.8. The van der Waals surface area contributed by atoms with Crippen LogP contribution in [-0.4, -0.2) is 32.6 Å². The van der Waals surface area contributed by atoms with Crippen molar-refractivity contribution in [2.24, 2.45) is 0 Å². The number of hydrogen-bond acceptors (Lipinski definition) is 7. The minimum Gasteiger partial charge on any atom is -0.493 e. The number of anilines is 1. The third-order valence-corrected chi connectivity index (χ3v) is 4.11. The molecule has 0 atom stereocenters. The fourth-order valence-corrected chi connectivity index (χ4v) is 2.75.